The van der Waals surface area contributed by atoms with Gasteiger partial charge in [0.05, 0.1) is 12.5 Å². The summed E-state index contributed by atoms with van der Waals surface area (Å²) in [6.45, 7) is 9.88. The standard InChI is InChI=1S/C13H21N3O3/c1-8-5-16(6-9(8)11(17)18)7-10-14-12(19-15-10)13(2,3)4/h8-9H,5-7H2,1-4H3,(H,17,18). The molecule has 0 spiro atoms. The van der Waals surface area contributed by atoms with Crippen LogP contribution in [0.4, 0.5) is 0 Å². The predicted molar refractivity (Wildman–Crippen MR) is 68.6 cm³/mol. The number of carboxylic acid groups (broad SMARTS) is 1. The number of aromatic nitrogens is 2. The van der Waals surface area contributed by atoms with Gasteiger partial charge in [-0.05, 0) is 5.92 Å². The van der Waals surface area contributed by atoms with E-state index in [9.17, 15) is 4.79 Å². The SMILES string of the molecule is CC1CN(Cc2noc(C(C)(C)C)n2)CC1C(=O)O. The first kappa shape index (κ1) is 14.0. The molecule has 0 aromatic carbocycles. The average molecular weight is 267 g/mol. The summed E-state index contributed by atoms with van der Waals surface area (Å²) < 4.78 is 5.24. The summed E-state index contributed by atoms with van der Waals surface area (Å²) in [5.74, 6) is 0.381. The van der Waals surface area contributed by atoms with Gasteiger partial charge in [-0.3, -0.25) is 9.69 Å². The van der Waals surface area contributed by atoms with Crippen LogP contribution in [0.3, 0.4) is 0 Å². The summed E-state index contributed by atoms with van der Waals surface area (Å²) in [6.07, 6.45) is 0. The number of likely N-dealkylation sites (tertiary alicyclic amines) is 1. The molecule has 0 saturated carbocycles. The molecule has 1 N–H and O–H groups in total. The van der Waals surface area contributed by atoms with Gasteiger partial charge >= 0.3 is 5.97 Å². The minimum absolute atomic E-state index is 0.159. The lowest BCUT2D eigenvalue weighted by Gasteiger charge is -2.12. The molecular weight excluding hydrogens is 246 g/mol. The van der Waals surface area contributed by atoms with E-state index in [4.69, 9.17) is 9.63 Å². The first-order valence-electron chi connectivity index (χ1n) is 6.55. The molecule has 1 aliphatic heterocycles. The molecule has 1 aromatic rings. The zero-order valence-electron chi connectivity index (χ0n) is 11.9. The van der Waals surface area contributed by atoms with Crippen LogP contribution < -0.4 is 0 Å². The highest BCUT2D eigenvalue weighted by molar-refractivity contribution is 5.71. The minimum atomic E-state index is -0.724. The van der Waals surface area contributed by atoms with Gasteiger partial charge in [-0.2, -0.15) is 4.98 Å². The maximum Gasteiger partial charge on any atom is 0.308 e. The van der Waals surface area contributed by atoms with E-state index in [0.29, 0.717) is 24.8 Å². The summed E-state index contributed by atoms with van der Waals surface area (Å²) >= 11 is 0. The van der Waals surface area contributed by atoms with E-state index < -0.39 is 5.97 Å². The van der Waals surface area contributed by atoms with Crippen molar-refractivity contribution in [1.29, 1.82) is 0 Å². The minimum Gasteiger partial charge on any atom is -0.481 e. The third kappa shape index (κ3) is 3.12. The van der Waals surface area contributed by atoms with Gasteiger partial charge in [-0.25, -0.2) is 0 Å². The van der Waals surface area contributed by atoms with Gasteiger partial charge < -0.3 is 9.63 Å². The highest BCUT2D eigenvalue weighted by Crippen LogP contribution is 2.25. The van der Waals surface area contributed by atoms with Crippen LogP contribution >= 0.6 is 0 Å². The van der Waals surface area contributed by atoms with Gasteiger partial charge in [0.2, 0.25) is 5.89 Å². The van der Waals surface area contributed by atoms with Crippen molar-refractivity contribution in [3.05, 3.63) is 11.7 Å². The zero-order chi connectivity index (χ0) is 14.2. The Hall–Kier alpha value is -1.43. The first-order valence-corrected chi connectivity index (χ1v) is 6.55. The van der Waals surface area contributed by atoms with Crippen molar-refractivity contribution in [2.75, 3.05) is 13.1 Å². The quantitative estimate of drug-likeness (QED) is 0.894. The van der Waals surface area contributed by atoms with Crippen LogP contribution in [0.15, 0.2) is 4.52 Å². The molecule has 6 heteroatoms. The molecule has 1 fully saturated rings. The zero-order valence-corrected chi connectivity index (χ0v) is 11.9. The fourth-order valence-corrected chi connectivity index (χ4v) is 2.34. The van der Waals surface area contributed by atoms with Gasteiger partial charge in [0, 0.05) is 18.5 Å². The van der Waals surface area contributed by atoms with Crippen LogP contribution in [0.25, 0.3) is 0 Å². The Balaban J connectivity index is 1.99. The average Bonchev–Trinajstić information content (AvgIpc) is 2.85. The first-order chi connectivity index (χ1) is 8.77. The van der Waals surface area contributed by atoms with E-state index in [1.807, 2.05) is 27.7 Å². The van der Waals surface area contributed by atoms with E-state index in [1.54, 1.807) is 0 Å². The van der Waals surface area contributed by atoms with E-state index in [2.05, 4.69) is 15.0 Å². The van der Waals surface area contributed by atoms with Crippen molar-refractivity contribution in [3.8, 4) is 0 Å². The second kappa shape index (κ2) is 4.92. The molecular formula is C13H21N3O3. The van der Waals surface area contributed by atoms with Crippen molar-refractivity contribution in [1.82, 2.24) is 15.0 Å². The molecule has 0 bridgehead atoms. The molecule has 1 aliphatic rings. The van der Waals surface area contributed by atoms with Crippen LogP contribution in [0.5, 0.6) is 0 Å². The summed E-state index contributed by atoms with van der Waals surface area (Å²) in [5.41, 5.74) is -0.160. The molecule has 2 unspecified atom stereocenters. The molecule has 1 aromatic heterocycles. The lowest BCUT2D eigenvalue weighted by atomic mass is 9.97. The van der Waals surface area contributed by atoms with Crippen LogP contribution in [0.1, 0.15) is 39.4 Å². The van der Waals surface area contributed by atoms with Gasteiger partial charge in [0.15, 0.2) is 5.82 Å². The number of hydrogen-bond acceptors (Lipinski definition) is 5. The molecule has 19 heavy (non-hydrogen) atoms. The molecule has 2 atom stereocenters. The largest absolute Gasteiger partial charge is 0.481 e. The molecule has 6 nitrogen and oxygen atoms in total. The maximum absolute atomic E-state index is 11.1. The van der Waals surface area contributed by atoms with Crippen LogP contribution in [-0.4, -0.2) is 39.2 Å². The summed E-state index contributed by atoms with van der Waals surface area (Å²) in [5, 5.41) is 13.1. The highest BCUT2D eigenvalue weighted by Gasteiger charge is 2.35. The smallest absolute Gasteiger partial charge is 0.308 e. The van der Waals surface area contributed by atoms with Crippen LogP contribution in [0.2, 0.25) is 0 Å². The summed E-state index contributed by atoms with van der Waals surface area (Å²) in [4.78, 5) is 17.5. The molecule has 0 amide bonds. The molecule has 2 heterocycles. The third-order valence-electron chi connectivity index (χ3n) is 3.48. The topological polar surface area (TPSA) is 79.5 Å². The normalized spacial score (nSPS) is 24.8. The second-order valence-electron chi connectivity index (χ2n) is 6.38. The molecule has 106 valence electrons. The van der Waals surface area contributed by atoms with Crippen molar-refractivity contribution in [2.24, 2.45) is 11.8 Å². The number of carbonyl (C=O) groups is 1. The molecule has 1 saturated heterocycles. The van der Waals surface area contributed by atoms with Crippen molar-refractivity contribution in [2.45, 2.75) is 39.7 Å². The van der Waals surface area contributed by atoms with Crippen molar-refractivity contribution in [3.63, 3.8) is 0 Å². The number of nitrogens with zero attached hydrogens (tertiary/aromatic N) is 3. The van der Waals surface area contributed by atoms with E-state index in [0.717, 1.165) is 6.54 Å². The molecule has 0 radical (unpaired) electrons. The Morgan fingerprint density at radius 2 is 2.16 bits per heavy atom. The van der Waals surface area contributed by atoms with Crippen LogP contribution in [-0.2, 0) is 16.8 Å². The fourth-order valence-electron chi connectivity index (χ4n) is 2.34. The summed E-state index contributed by atoms with van der Waals surface area (Å²) in [6, 6.07) is 0. The van der Waals surface area contributed by atoms with E-state index in [1.165, 1.54) is 0 Å². The van der Waals surface area contributed by atoms with Crippen LogP contribution in [0, 0.1) is 11.8 Å². The Morgan fingerprint density at radius 1 is 1.47 bits per heavy atom. The van der Waals surface area contributed by atoms with Gasteiger partial charge in [0.1, 0.15) is 0 Å². The second-order valence-corrected chi connectivity index (χ2v) is 6.38. The fraction of sp³-hybridized carbons (Fsp3) is 0.769. The Morgan fingerprint density at radius 3 is 2.63 bits per heavy atom. The maximum atomic E-state index is 11.1. The number of carboxylic acids is 1. The third-order valence-corrected chi connectivity index (χ3v) is 3.48. The van der Waals surface area contributed by atoms with Gasteiger partial charge in [-0.15, -0.1) is 0 Å². The monoisotopic (exact) mass is 267 g/mol. The number of rotatable bonds is 3. The summed E-state index contributed by atoms with van der Waals surface area (Å²) in [7, 11) is 0. The van der Waals surface area contributed by atoms with Gasteiger partial charge in [0.25, 0.3) is 0 Å². The van der Waals surface area contributed by atoms with E-state index >= 15 is 0 Å². The molecule has 2 rings (SSSR count). The van der Waals surface area contributed by atoms with Crippen molar-refractivity contribution < 1.29 is 14.4 Å². The predicted octanol–water partition coefficient (Wildman–Crippen LogP) is 1.52. The Bertz CT molecular complexity index is 464. The Labute approximate surface area is 112 Å². The number of hydrogen-bond donors (Lipinski definition) is 1. The Kier molecular flexibility index (Phi) is 3.62. The molecule has 0 aliphatic carbocycles. The lowest BCUT2D eigenvalue weighted by molar-refractivity contribution is -0.142. The van der Waals surface area contributed by atoms with Crippen molar-refractivity contribution >= 4 is 5.97 Å². The van der Waals surface area contributed by atoms with E-state index in [-0.39, 0.29) is 17.3 Å². The number of aliphatic carboxylic acids is 1. The van der Waals surface area contributed by atoms with Gasteiger partial charge in [-0.1, -0.05) is 32.9 Å². The highest BCUT2D eigenvalue weighted by atomic mass is 16.5. The lowest BCUT2D eigenvalue weighted by Crippen LogP contribution is -2.23.